The molecular weight excluding hydrogens is 621 g/mol. The maximum atomic E-state index is 10.4. The molecule has 0 saturated heterocycles. The van der Waals surface area contributed by atoms with Crippen LogP contribution in [0.15, 0.2) is 24.3 Å². The standard InChI is InChI=1S/2C21H41NO2.Mg/c2*1-3-4-5-6-7-8-9-10-11-12-13-14-15-16-17-18-19-22(2)20-21(23)24;/h2*10-11H,3-9,12-20H2,1-2H3,(H,23,24);/q;;+2/p-2/b2*11-10-;. The summed E-state index contributed by atoms with van der Waals surface area (Å²) in [5, 5.41) is 20.8. The molecular formula is C42H80MgN2O4. The van der Waals surface area contributed by atoms with E-state index in [4.69, 9.17) is 0 Å². The summed E-state index contributed by atoms with van der Waals surface area (Å²) in [5.74, 6) is -1.97. The topological polar surface area (TPSA) is 86.7 Å². The minimum absolute atomic E-state index is 0. The van der Waals surface area contributed by atoms with E-state index in [0.29, 0.717) is 0 Å². The molecule has 7 heteroatoms. The van der Waals surface area contributed by atoms with Gasteiger partial charge in [-0.1, -0.05) is 154 Å². The summed E-state index contributed by atoms with van der Waals surface area (Å²) in [4.78, 5) is 24.5. The van der Waals surface area contributed by atoms with Gasteiger partial charge in [0.2, 0.25) is 0 Å². The van der Waals surface area contributed by atoms with E-state index in [2.05, 4.69) is 38.2 Å². The summed E-state index contributed by atoms with van der Waals surface area (Å²) in [5.41, 5.74) is 0. The average Bonchev–Trinajstić information content (AvgIpc) is 3.04. The number of carbonyl (C=O) groups excluding carboxylic acids is 2. The molecule has 0 aliphatic heterocycles. The Morgan fingerprint density at radius 1 is 0.408 bits per heavy atom. The number of rotatable bonds is 36. The van der Waals surface area contributed by atoms with Gasteiger partial charge in [0, 0.05) is 13.1 Å². The first-order valence-electron chi connectivity index (χ1n) is 20.4. The summed E-state index contributed by atoms with van der Waals surface area (Å²) >= 11 is 0. The van der Waals surface area contributed by atoms with Crippen LogP contribution in [0, 0.1) is 0 Å². The van der Waals surface area contributed by atoms with E-state index < -0.39 is 11.9 Å². The monoisotopic (exact) mass is 701 g/mol. The van der Waals surface area contributed by atoms with Gasteiger partial charge in [0.25, 0.3) is 0 Å². The van der Waals surface area contributed by atoms with E-state index in [9.17, 15) is 19.8 Å². The zero-order valence-corrected chi connectivity index (χ0v) is 34.6. The SMILES string of the molecule is CCCCCCCC/C=C\CCCCCCCCN(C)CC(=O)[O-].CCCCCCCC/C=C\CCCCCCCCN(C)CC(=O)[O-].[Mg+2]. The first kappa shape index (κ1) is 52.5. The molecule has 0 aromatic rings. The summed E-state index contributed by atoms with van der Waals surface area (Å²) in [7, 11) is 3.68. The van der Waals surface area contributed by atoms with E-state index in [-0.39, 0.29) is 36.1 Å². The Labute approximate surface area is 321 Å². The Balaban J connectivity index is -0.000000846. The molecule has 0 radical (unpaired) electrons. The smallest absolute Gasteiger partial charge is 0.549 e. The van der Waals surface area contributed by atoms with Crippen molar-refractivity contribution in [1.29, 1.82) is 0 Å². The van der Waals surface area contributed by atoms with Crippen LogP contribution >= 0.6 is 0 Å². The molecule has 0 heterocycles. The number of unbranched alkanes of at least 4 members (excludes halogenated alkanes) is 24. The van der Waals surface area contributed by atoms with E-state index in [1.165, 1.54) is 167 Å². The van der Waals surface area contributed by atoms with Crippen LogP contribution in [0.2, 0.25) is 0 Å². The Kier molecular flexibility index (Phi) is 48.3. The zero-order chi connectivity index (χ0) is 35.8. The van der Waals surface area contributed by atoms with Crippen molar-refractivity contribution < 1.29 is 19.8 Å². The second-order valence-corrected chi connectivity index (χ2v) is 14.1. The fourth-order valence-electron chi connectivity index (χ4n) is 5.86. The third-order valence-electron chi connectivity index (χ3n) is 8.90. The van der Waals surface area contributed by atoms with Crippen LogP contribution in [0.5, 0.6) is 0 Å². The van der Waals surface area contributed by atoms with Gasteiger partial charge >= 0.3 is 23.1 Å². The van der Waals surface area contributed by atoms with Crippen LogP contribution in [0.1, 0.15) is 194 Å². The van der Waals surface area contributed by atoms with E-state index in [1.807, 2.05) is 23.9 Å². The Hall–Kier alpha value is -0.894. The first-order valence-corrected chi connectivity index (χ1v) is 20.4. The van der Waals surface area contributed by atoms with Crippen LogP contribution in [0.3, 0.4) is 0 Å². The van der Waals surface area contributed by atoms with Gasteiger partial charge in [-0.3, -0.25) is 0 Å². The van der Waals surface area contributed by atoms with Crippen molar-refractivity contribution in [3.8, 4) is 0 Å². The fourth-order valence-corrected chi connectivity index (χ4v) is 5.86. The van der Waals surface area contributed by atoms with E-state index in [0.717, 1.165) is 25.9 Å². The Morgan fingerprint density at radius 3 is 0.878 bits per heavy atom. The first-order chi connectivity index (χ1) is 23.3. The van der Waals surface area contributed by atoms with Crippen molar-refractivity contribution in [2.24, 2.45) is 0 Å². The Morgan fingerprint density at radius 2 is 0.633 bits per heavy atom. The number of carboxylic acids is 2. The number of nitrogens with zero attached hydrogens (tertiary/aromatic N) is 2. The number of carbonyl (C=O) groups is 2. The zero-order valence-electron chi connectivity index (χ0n) is 33.2. The fraction of sp³-hybridized carbons (Fsp3) is 0.857. The molecule has 49 heavy (non-hydrogen) atoms. The molecule has 0 saturated carbocycles. The third kappa shape index (κ3) is 51.6. The number of hydrogen-bond donors (Lipinski definition) is 0. The predicted molar refractivity (Wildman–Crippen MR) is 210 cm³/mol. The van der Waals surface area contributed by atoms with E-state index >= 15 is 0 Å². The molecule has 284 valence electrons. The second-order valence-electron chi connectivity index (χ2n) is 14.1. The van der Waals surface area contributed by atoms with Crippen molar-refractivity contribution >= 4 is 35.0 Å². The minimum Gasteiger partial charge on any atom is -0.549 e. The summed E-state index contributed by atoms with van der Waals surface area (Å²) in [6.07, 6.45) is 45.9. The molecule has 0 aromatic carbocycles. The van der Waals surface area contributed by atoms with Crippen LogP contribution in [0.4, 0.5) is 0 Å². The van der Waals surface area contributed by atoms with Gasteiger partial charge in [-0.15, -0.1) is 0 Å². The number of aliphatic carboxylic acids is 2. The Bertz CT molecular complexity index is 671. The summed E-state index contributed by atoms with van der Waals surface area (Å²) in [6, 6.07) is 0. The van der Waals surface area contributed by atoms with Crippen molar-refractivity contribution in [2.75, 3.05) is 40.3 Å². The van der Waals surface area contributed by atoms with Gasteiger partial charge in [-0.2, -0.15) is 0 Å². The average molecular weight is 701 g/mol. The molecule has 0 fully saturated rings. The molecule has 6 nitrogen and oxygen atoms in total. The number of carboxylic acid groups (broad SMARTS) is 2. The number of hydrogen-bond acceptors (Lipinski definition) is 6. The second kappa shape index (κ2) is 45.1. The van der Waals surface area contributed by atoms with Gasteiger partial charge in [0.1, 0.15) is 0 Å². The molecule has 0 unspecified atom stereocenters. The van der Waals surface area contributed by atoms with Crippen LogP contribution < -0.4 is 10.2 Å². The maximum Gasteiger partial charge on any atom is 2.00 e. The van der Waals surface area contributed by atoms with Gasteiger partial charge < -0.3 is 29.6 Å². The maximum absolute atomic E-state index is 10.4. The van der Waals surface area contributed by atoms with Crippen molar-refractivity contribution in [3.05, 3.63) is 24.3 Å². The molecule has 0 amide bonds. The molecule has 0 N–H and O–H groups in total. The van der Waals surface area contributed by atoms with Gasteiger partial charge in [-0.25, -0.2) is 0 Å². The predicted octanol–water partition coefficient (Wildman–Crippen LogP) is 9.03. The van der Waals surface area contributed by atoms with Crippen molar-refractivity contribution in [1.82, 2.24) is 9.80 Å². The van der Waals surface area contributed by atoms with Crippen LogP contribution in [0.25, 0.3) is 0 Å². The quantitative estimate of drug-likeness (QED) is 0.0368. The van der Waals surface area contributed by atoms with Gasteiger partial charge in [0.05, 0.1) is 11.9 Å². The van der Waals surface area contributed by atoms with Crippen molar-refractivity contribution in [2.45, 2.75) is 194 Å². The number of allylic oxidation sites excluding steroid dienone is 4. The van der Waals surface area contributed by atoms with Crippen molar-refractivity contribution in [3.63, 3.8) is 0 Å². The molecule has 0 spiro atoms. The molecule has 0 aliphatic carbocycles. The van der Waals surface area contributed by atoms with Crippen LogP contribution in [-0.2, 0) is 9.59 Å². The molecule has 0 aliphatic rings. The summed E-state index contributed by atoms with van der Waals surface area (Å²) < 4.78 is 0. The normalized spacial score (nSPS) is 11.4. The molecule has 0 atom stereocenters. The largest absolute Gasteiger partial charge is 2.00 e. The molecule has 0 bridgehead atoms. The molecule has 0 rings (SSSR count). The van der Waals surface area contributed by atoms with E-state index in [1.54, 1.807) is 0 Å². The summed E-state index contributed by atoms with van der Waals surface area (Å²) in [6.45, 7) is 6.34. The molecule has 0 aromatic heterocycles. The number of likely N-dealkylation sites (N-methyl/N-ethyl adjacent to an activating group) is 2. The minimum atomic E-state index is -0.984. The van der Waals surface area contributed by atoms with Gasteiger partial charge in [0.15, 0.2) is 0 Å². The van der Waals surface area contributed by atoms with Gasteiger partial charge in [-0.05, 0) is 91.4 Å². The van der Waals surface area contributed by atoms with Crippen LogP contribution in [-0.4, -0.2) is 85.1 Å². The third-order valence-corrected chi connectivity index (χ3v) is 8.90.